The summed E-state index contributed by atoms with van der Waals surface area (Å²) in [6, 6.07) is 31.0. The van der Waals surface area contributed by atoms with Crippen molar-refractivity contribution in [3.8, 4) is 11.5 Å². The fourth-order valence-corrected chi connectivity index (χ4v) is 6.75. The van der Waals surface area contributed by atoms with Crippen molar-refractivity contribution in [3.63, 3.8) is 0 Å². The standard InChI is InChI=1S/C39H39F3N4O3S/c1-2-48-36-14-7-6-13-35(36)45-19-21-46(22-20-45)38(47)34-28-50-37(43-34)26-44(25-31-11-8-12-32(23-31)39(40,41)42)24-29-15-17-33(18-16-29)49-27-30-9-4-3-5-10-30/h3-18,23,28H,2,19-22,24-27H2,1H3. The van der Waals surface area contributed by atoms with Crippen LogP contribution < -0.4 is 14.4 Å². The van der Waals surface area contributed by atoms with Crippen LogP contribution in [-0.2, 0) is 32.4 Å². The zero-order valence-electron chi connectivity index (χ0n) is 27.8. The van der Waals surface area contributed by atoms with Gasteiger partial charge < -0.3 is 19.3 Å². The van der Waals surface area contributed by atoms with Crippen molar-refractivity contribution in [2.75, 3.05) is 37.7 Å². The smallest absolute Gasteiger partial charge is 0.416 e. The van der Waals surface area contributed by atoms with Gasteiger partial charge in [0.05, 0.1) is 24.4 Å². The minimum Gasteiger partial charge on any atom is -0.492 e. The molecule has 0 atom stereocenters. The Morgan fingerprint density at radius 2 is 1.50 bits per heavy atom. The van der Waals surface area contributed by atoms with Crippen molar-refractivity contribution in [3.05, 3.63) is 141 Å². The minimum atomic E-state index is -4.43. The van der Waals surface area contributed by atoms with E-state index in [9.17, 15) is 18.0 Å². The first kappa shape index (κ1) is 35.0. The lowest BCUT2D eigenvalue weighted by molar-refractivity contribution is -0.137. The van der Waals surface area contributed by atoms with Crippen LogP contribution in [0.3, 0.4) is 0 Å². The summed E-state index contributed by atoms with van der Waals surface area (Å²) in [6.45, 7) is 6.54. The third-order valence-corrected chi connectivity index (χ3v) is 9.27. The number of benzene rings is 4. The molecule has 1 fully saturated rings. The second-order valence-corrected chi connectivity index (χ2v) is 13.0. The molecule has 1 amide bonds. The molecule has 50 heavy (non-hydrogen) atoms. The molecule has 0 unspecified atom stereocenters. The predicted molar refractivity (Wildman–Crippen MR) is 189 cm³/mol. The Morgan fingerprint density at radius 1 is 0.800 bits per heavy atom. The normalized spacial score (nSPS) is 13.5. The number of nitrogens with zero attached hydrogens (tertiary/aromatic N) is 4. The predicted octanol–water partition coefficient (Wildman–Crippen LogP) is 8.30. The average Bonchev–Trinajstić information content (AvgIpc) is 3.60. The Morgan fingerprint density at radius 3 is 2.24 bits per heavy atom. The van der Waals surface area contributed by atoms with Gasteiger partial charge in [-0.15, -0.1) is 11.3 Å². The Kier molecular flexibility index (Phi) is 11.3. The summed E-state index contributed by atoms with van der Waals surface area (Å²) < 4.78 is 52.3. The van der Waals surface area contributed by atoms with E-state index in [2.05, 4.69) is 4.90 Å². The summed E-state index contributed by atoms with van der Waals surface area (Å²) in [5.74, 6) is 1.44. The molecule has 1 aliphatic heterocycles. The number of alkyl halides is 3. The Balaban J connectivity index is 1.12. The number of amides is 1. The largest absolute Gasteiger partial charge is 0.492 e. The molecule has 0 aliphatic carbocycles. The highest BCUT2D eigenvalue weighted by molar-refractivity contribution is 7.09. The zero-order chi connectivity index (χ0) is 34.9. The van der Waals surface area contributed by atoms with Crippen molar-refractivity contribution in [2.45, 2.75) is 39.3 Å². The molecular weight excluding hydrogens is 662 g/mol. The average molecular weight is 701 g/mol. The van der Waals surface area contributed by atoms with Crippen molar-refractivity contribution in [1.82, 2.24) is 14.8 Å². The van der Waals surface area contributed by atoms with Crippen LogP contribution in [0.1, 0.15) is 44.7 Å². The van der Waals surface area contributed by atoms with Gasteiger partial charge in [-0.2, -0.15) is 13.2 Å². The van der Waals surface area contributed by atoms with Gasteiger partial charge >= 0.3 is 6.18 Å². The van der Waals surface area contributed by atoms with Gasteiger partial charge in [-0.1, -0.05) is 72.8 Å². The molecule has 0 N–H and O–H groups in total. The van der Waals surface area contributed by atoms with Gasteiger partial charge in [0, 0.05) is 44.6 Å². The van der Waals surface area contributed by atoms with Gasteiger partial charge in [-0.05, 0) is 53.9 Å². The second-order valence-electron chi connectivity index (χ2n) is 12.1. The number of carbonyl (C=O) groups excluding carboxylic acids is 1. The molecule has 0 saturated carbocycles. The van der Waals surface area contributed by atoms with E-state index in [4.69, 9.17) is 14.5 Å². The van der Waals surface area contributed by atoms with Crippen LogP contribution >= 0.6 is 11.3 Å². The van der Waals surface area contributed by atoms with Crippen molar-refractivity contribution < 1.29 is 27.4 Å². The number of halogens is 3. The van der Waals surface area contributed by atoms with E-state index in [1.165, 1.54) is 23.5 Å². The van der Waals surface area contributed by atoms with Crippen LogP contribution in [0.2, 0.25) is 0 Å². The van der Waals surface area contributed by atoms with Crippen LogP contribution in [-0.4, -0.2) is 53.5 Å². The highest BCUT2D eigenvalue weighted by atomic mass is 32.1. The van der Waals surface area contributed by atoms with Crippen molar-refractivity contribution in [2.24, 2.45) is 0 Å². The first-order chi connectivity index (χ1) is 24.2. The molecule has 0 radical (unpaired) electrons. The van der Waals surface area contributed by atoms with Crippen LogP contribution in [0, 0.1) is 0 Å². The number of para-hydroxylation sites is 2. The van der Waals surface area contributed by atoms with Crippen LogP contribution in [0.25, 0.3) is 0 Å². The number of ether oxygens (including phenoxy) is 2. The fourth-order valence-electron chi connectivity index (χ4n) is 5.94. The number of piperazine rings is 1. The first-order valence-electron chi connectivity index (χ1n) is 16.6. The number of aromatic nitrogens is 1. The quantitative estimate of drug-likeness (QED) is 0.123. The fraction of sp³-hybridized carbons (Fsp3) is 0.282. The second kappa shape index (κ2) is 16.2. The maximum absolute atomic E-state index is 13.5. The third kappa shape index (κ3) is 9.22. The number of hydrogen-bond donors (Lipinski definition) is 0. The Bertz CT molecular complexity index is 1840. The maximum atomic E-state index is 13.5. The van der Waals surface area contributed by atoms with Crippen LogP contribution in [0.5, 0.6) is 11.5 Å². The van der Waals surface area contributed by atoms with E-state index in [-0.39, 0.29) is 12.5 Å². The molecular formula is C39H39F3N4O3S. The number of thiazole rings is 1. The summed E-state index contributed by atoms with van der Waals surface area (Å²) in [5, 5.41) is 2.49. The highest BCUT2D eigenvalue weighted by Crippen LogP contribution is 2.31. The molecule has 2 heterocycles. The zero-order valence-corrected chi connectivity index (χ0v) is 28.6. The number of rotatable bonds is 13. The minimum absolute atomic E-state index is 0.124. The molecule has 0 bridgehead atoms. The lowest BCUT2D eigenvalue weighted by Crippen LogP contribution is -2.49. The van der Waals surface area contributed by atoms with Crippen molar-refractivity contribution >= 4 is 22.9 Å². The SMILES string of the molecule is CCOc1ccccc1N1CCN(C(=O)c2csc(CN(Cc3ccc(OCc4ccccc4)cc3)Cc3cccc(C(F)(F)F)c3)n2)CC1. The molecule has 1 aliphatic rings. The van der Waals surface area contributed by atoms with E-state index in [1.807, 2.05) is 95.6 Å². The molecule has 1 saturated heterocycles. The molecule has 5 aromatic rings. The Hall–Kier alpha value is -4.87. The van der Waals surface area contributed by atoms with Crippen molar-refractivity contribution in [1.29, 1.82) is 0 Å². The summed E-state index contributed by atoms with van der Waals surface area (Å²) >= 11 is 1.38. The molecule has 1 aromatic heterocycles. The summed E-state index contributed by atoms with van der Waals surface area (Å²) in [5.41, 5.74) is 3.30. The van der Waals surface area contributed by atoms with Gasteiger partial charge in [-0.3, -0.25) is 9.69 Å². The lowest BCUT2D eigenvalue weighted by atomic mass is 10.1. The molecule has 0 spiro atoms. The van der Waals surface area contributed by atoms with E-state index >= 15 is 0 Å². The third-order valence-electron chi connectivity index (χ3n) is 8.44. The summed E-state index contributed by atoms with van der Waals surface area (Å²) in [7, 11) is 0. The monoisotopic (exact) mass is 700 g/mol. The summed E-state index contributed by atoms with van der Waals surface area (Å²) in [4.78, 5) is 24.3. The van der Waals surface area contributed by atoms with Gasteiger partial charge in [0.25, 0.3) is 5.91 Å². The number of hydrogen-bond acceptors (Lipinski definition) is 7. The van der Waals surface area contributed by atoms with Crippen LogP contribution in [0.4, 0.5) is 18.9 Å². The molecule has 6 rings (SSSR count). The van der Waals surface area contributed by atoms with E-state index in [0.717, 1.165) is 34.4 Å². The van der Waals surface area contributed by atoms with Gasteiger partial charge in [0.2, 0.25) is 0 Å². The lowest BCUT2D eigenvalue weighted by Gasteiger charge is -2.36. The first-order valence-corrected chi connectivity index (χ1v) is 17.5. The van der Waals surface area contributed by atoms with Gasteiger partial charge in [0.15, 0.2) is 0 Å². The molecule has 4 aromatic carbocycles. The van der Waals surface area contributed by atoms with Gasteiger partial charge in [0.1, 0.15) is 28.8 Å². The summed E-state index contributed by atoms with van der Waals surface area (Å²) in [6.07, 6.45) is -4.43. The molecule has 11 heteroatoms. The molecule has 260 valence electrons. The number of carbonyl (C=O) groups is 1. The Labute approximate surface area is 294 Å². The molecule has 7 nitrogen and oxygen atoms in total. The highest BCUT2D eigenvalue weighted by Gasteiger charge is 2.30. The van der Waals surface area contributed by atoms with E-state index in [0.29, 0.717) is 68.7 Å². The van der Waals surface area contributed by atoms with E-state index in [1.54, 1.807) is 11.4 Å². The topological polar surface area (TPSA) is 58.1 Å². The van der Waals surface area contributed by atoms with E-state index < -0.39 is 11.7 Å². The number of anilines is 1. The van der Waals surface area contributed by atoms with Crippen LogP contribution in [0.15, 0.2) is 109 Å². The van der Waals surface area contributed by atoms with Gasteiger partial charge in [-0.25, -0.2) is 4.98 Å². The maximum Gasteiger partial charge on any atom is 0.416 e.